The quantitative estimate of drug-likeness (QED) is 0.751. The smallest absolute Gasteiger partial charge is 0.257 e. The molecule has 0 unspecified atom stereocenters. The number of nitrogens with one attached hydrogen (secondary N) is 1. The fraction of sp³-hybridized carbons (Fsp3) is 0.0556. The Morgan fingerprint density at radius 2 is 1.88 bits per heavy atom. The van der Waals surface area contributed by atoms with Crippen LogP contribution in [0.15, 0.2) is 42.5 Å². The van der Waals surface area contributed by atoms with Crippen molar-refractivity contribution in [3.05, 3.63) is 70.1 Å². The van der Waals surface area contributed by atoms with Crippen LogP contribution in [0.4, 0.5) is 13.9 Å². The van der Waals surface area contributed by atoms with Crippen LogP contribution in [-0.2, 0) is 0 Å². The van der Waals surface area contributed by atoms with E-state index in [-0.39, 0.29) is 5.91 Å². The maximum Gasteiger partial charge on any atom is 0.257 e. The third kappa shape index (κ3) is 3.54. The number of aryl methyl sites for hydroxylation is 1. The highest BCUT2D eigenvalue weighted by Crippen LogP contribution is 2.31. The molecule has 25 heavy (non-hydrogen) atoms. The molecule has 0 radical (unpaired) electrons. The number of anilines is 1. The zero-order valence-corrected chi connectivity index (χ0v) is 13.8. The van der Waals surface area contributed by atoms with Gasteiger partial charge in [0.1, 0.15) is 0 Å². The third-order valence-electron chi connectivity index (χ3n) is 3.49. The lowest BCUT2D eigenvalue weighted by Crippen LogP contribution is -2.11. The highest BCUT2D eigenvalue weighted by atomic mass is 32.1. The fourth-order valence-electron chi connectivity index (χ4n) is 2.23. The van der Waals surface area contributed by atoms with Crippen LogP contribution in [0.5, 0.6) is 0 Å². The van der Waals surface area contributed by atoms with E-state index in [4.69, 9.17) is 5.26 Å². The number of hydrogen-bond donors (Lipinski definition) is 1. The molecule has 1 N–H and O–H groups in total. The van der Waals surface area contributed by atoms with E-state index >= 15 is 0 Å². The number of nitriles is 1. The van der Waals surface area contributed by atoms with Crippen molar-refractivity contribution in [1.29, 1.82) is 5.26 Å². The van der Waals surface area contributed by atoms with Gasteiger partial charge in [0.15, 0.2) is 16.8 Å². The second-order valence-electron chi connectivity index (χ2n) is 5.20. The van der Waals surface area contributed by atoms with Crippen LogP contribution in [0.25, 0.3) is 11.3 Å². The minimum Gasteiger partial charge on any atom is -0.298 e. The van der Waals surface area contributed by atoms with E-state index in [1.54, 1.807) is 31.2 Å². The average Bonchev–Trinajstić information content (AvgIpc) is 2.97. The fourth-order valence-corrected chi connectivity index (χ4v) is 3.06. The van der Waals surface area contributed by atoms with Gasteiger partial charge in [-0.15, -0.1) is 11.3 Å². The predicted octanol–water partition coefficient (Wildman–Crippen LogP) is 4.52. The van der Waals surface area contributed by atoms with Gasteiger partial charge in [0.2, 0.25) is 0 Å². The number of carbonyl (C=O) groups excluding carboxylic acids is 1. The standard InChI is InChI=1S/C18H11F2N3OS/c1-10-16(13-6-7-14(19)15(20)8-13)22-18(25-10)23-17(24)12-4-2-11(9-21)3-5-12/h2-8H,1H3,(H,22,23,24). The summed E-state index contributed by atoms with van der Waals surface area (Å²) in [4.78, 5) is 17.3. The van der Waals surface area contributed by atoms with Crippen LogP contribution in [0.1, 0.15) is 20.8 Å². The summed E-state index contributed by atoms with van der Waals surface area (Å²) in [5, 5.41) is 11.8. The summed E-state index contributed by atoms with van der Waals surface area (Å²) < 4.78 is 26.5. The summed E-state index contributed by atoms with van der Waals surface area (Å²) in [5.41, 5.74) is 1.77. The molecule has 3 rings (SSSR count). The minimum atomic E-state index is -0.951. The molecule has 4 nitrogen and oxygen atoms in total. The number of rotatable bonds is 3. The molecule has 1 heterocycles. The number of benzene rings is 2. The molecular formula is C18H11F2N3OS. The first-order chi connectivity index (χ1) is 12.0. The molecule has 0 bridgehead atoms. The topological polar surface area (TPSA) is 65.8 Å². The summed E-state index contributed by atoms with van der Waals surface area (Å²) in [7, 11) is 0. The zero-order valence-electron chi connectivity index (χ0n) is 13.0. The van der Waals surface area contributed by atoms with Crippen molar-refractivity contribution in [2.75, 3.05) is 5.32 Å². The zero-order chi connectivity index (χ0) is 18.0. The van der Waals surface area contributed by atoms with Gasteiger partial charge in [-0.3, -0.25) is 10.1 Å². The SMILES string of the molecule is Cc1sc(NC(=O)c2ccc(C#N)cc2)nc1-c1ccc(F)c(F)c1. The monoisotopic (exact) mass is 355 g/mol. The molecule has 0 aliphatic heterocycles. The maximum atomic E-state index is 13.4. The Labute approximate surface area is 146 Å². The van der Waals surface area contributed by atoms with E-state index in [1.807, 2.05) is 6.07 Å². The molecule has 124 valence electrons. The number of halogens is 2. The van der Waals surface area contributed by atoms with Gasteiger partial charge in [-0.1, -0.05) is 0 Å². The molecule has 0 saturated carbocycles. The van der Waals surface area contributed by atoms with Crippen molar-refractivity contribution in [1.82, 2.24) is 4.98 Å². The minimum absolute atomic E-state index is 0.353. The molecule has 2 aromatic carbocycles. The Morgan fingerprint density at radius 3 is 2.52 bits per heavy atom. The van der Waals surface area contributed by atoms with Crippen molar-refractivity contribution < 1.29 is 13.6 Å². The first-order valence-corrected chi connectivity index (χ1v) is 8.04. The van der Waals surface area contributed by atoms with E-state index in [2.05, 4.69) is 10.3 Å². The van der Waals surface area contributed by atoms with Gasteiger partial charge >= 0.3 is 0 Å². The van der Waals surface area contributed by atoms with Gasteiger partial charge in [0.25, 0.3) is 5.91 Å². The van der Waals surface area contributed by atoms with Crippen molar-refractivity contribution in [3.8, 4) is 17.3 Å². The van der Waals surface area contributed by atoms with E-state index in [0.29, 0.717) is 27.5 Å². The normalized spacial score (nSPS) is 10.3. The Hall–Kier alpha value is -3.11. The van der Waals surface area contributed by atoms with E-state index in [9.17, 15) is 13.6 Å². The number of nitrogens with zero attached hydrogens (tertiary/aromatic N) is 2. The summed E-state index contributed by atoms with van der Waals surface area (Å²) >= 11 is 1.24. The van der Waals surface area contributed by atoms with Gasteiger partial charge in [-0.25, -0.2) is 13.8 Å². The molecule has 3 aromatic rings. The number of carbonyl (C=O) groups is 1. The molecule has 0 spiro atoms. The Balaban J connectivity index is 1.83. The number of thiazole rings is 1. The molecule has 0 aliphatic rings. The average molecular weight is 355 g/mol. The summed E-state index contributed by atoms with van der Waals surface area (Å²) in [6.45, 7) is 1.78. The third-order valence-corrected chi connectivity index (χ3v) is 4.37. The van der Waals surface area contributed by atoms with E-state index < -0.39 is 11.6 Å². The molecular weight excluding hydrogens is 344 g/mol. The molecule has 1 amide bonds. The second kappa shape index (κ2) is 6.79. The molecule has 0 aliphatic carbocycles. The lowest BCUT2D eigenvalue weighted by Gasteiger charge is -2.02. The number of hydrogen-bond acceptors (Lipinski definition) is 4. The van der Waals surface area contributed by atoms with E-state index in [1.165, 1.54) is 17.4 Å². The number of aromatic nitrogens is 1. The van der Waals surface area contributed by atoms with Crippen molar-refractivity contribution in [2.24, 2.45) is 0 Å². The highest BCUT2D eigenvalue weighted by Gasteiger charge is 2.14. The molecule has 7 heteroatoms. The van der Waals surface area contributed by atoms with Crippen LogP contribution in [-0.4, -0.2) is 10.9 Å². The lowest BCUT2D eigenvalue weighted by molar-refractivity contribution is 0.102. The van der Waals surface area contributed by atoms with Crippen molar-refractivity contribution in [3.63, 3.8) is 0 Å². The van der Waals surface area contributed by atoms with Crippen LogP contribution < -0.4 is 5.32 Å². The number of amides is 1. The van der Waals surface area contributed by atoms with Gasteiger partial charge in [0.05, 0.1) is 17.3 Å². The van der Waals surface area contributed by atoms with Gasteiger partial charge in [-0.2, -0.15) is 5.26 Å². The Kier molecular flexibility index (Phi) is 4.55. The van der Waals surface area contributed by atoms with Crippen molar-refractivity contribution in [2.45, 2.75) is 6.92 Å². The summed E-state index contributed by atoms with van der Waals surface area (Å²) in [5.74, 6) is -2.24. The van der Waals surface area contributed by atoms with Crippen LogP contribution >= 0.6 is 11.3 Å². The molecule has 0 fully saturated rings. The molecule has 1 aromatic heterocycles. The second-order valence-corrected chi connectivity index (χ2v) is 6.40. The van der Waals surface area contributed by atoms with Gasteiger partial charge in [0, 0.05) is 16.0 Å². The van der Waals surface area contributed by atoms with Crippen LogP contribution in [0.3, 0.4) is 0 Å². The van der Waals surface area contributed by atoms with E-state index in [0.717, 1.165) is 17.0 Å². The Bertz CT molecular complexity index is 991. The molecule has 0 atom stereocenters. The first-order valence-electron chi connectivity index (χ1n) is 7.22. The van der Waals surface area contributed by atoms with Gasteiger partial charge < -0.3 is 0 Å². The van der Waals surface area contributed by atoms with Gasteiger partial charge in [-0.05, 0) is 49.4 Å². The maximum absolute atomic E-state index is 13.4. The molecule has 0 saturated heterocycles. The van der Waals surface area contributed by atoms with Crippen LogP contribution in [0, 0.1) is 29.9 Å². The Morgan fingerprint density at radius 1 is 1.16 bits per heavy atom. The largest absolute Gasteiger partial charge is 0.298 e. The summed E-state index contributed by atoms with van der Waals surface area (Å²) in [6.07, 6.45) is 0. The summed E-state index contributed by atoms with van der Waals surface area (Å²) in [6, 6.07) is 11.7. The predicted molar refractivity (Wildman–Crippen MR) is 91.3 cm³/mol. The first kappa shape index (κ1) is 16.7. The van der Waals surface area contributed by atoms with Crippen molar-refractivity contribution >= 4 is 22.4 Å². The highest BCUT2D eigenvalue weighted by molar-refractivity contribution is 7.16. The lowest BCUT2D eigenvalue weighted by atomic mass is 10.1. The van der Waals surface area contributed by atoms with Crippen LogP contribution in [0.2, 0.25) is 0 Å².